The first kappa shape index (κ1) is 9.43. The van der Waals surface area contributed by atoms with E-state index in [0.717, 1.165) is 24.5 Å². The van der Waals surface area contributed by atoms with Crippen LogP contribution in [0.2, 0.25) is 0 Å². The van der Waals surface area contributed by atoms with E-state index >= 15 is 0 Å². The molecule has 1 aromatic rings. The summed E-state index contributed by atoms with van der Waals surface area (Å²) in [5, 5.41) is 0. The Balaban J connectivity index is 2.10. The van der Waals surface area contributed by atoms with Crippen LogP contribution in [0.3, 0.4) is 0 Å². The van der Waals surface area contributed by atoms with Crippen LogP contribution in [0.15, 0.2) is 18.3 Å². The minimum atomic E-state index is 0.350. The maximum absolute atomic E-state index is 5.64. The lowest BCUT2D eigenvalue weighted by atomic mass is 10.1. The van der Waals surface area contributed by atoms with Crippen molar-refractivity contribution in [2.45, 2.75) is 12.6 Å². The van der Waals surface area contributed by atoms with E-state index in [1.165, 1.54) is 0 Å². The average Bonchev–Trinajstić information content (AvgIpc) is 2.17. The Bertz CT molecular complexity index is 310. The molecule has 0 aromatic carbocycles. The molecule has 2 heterocycles. The summed E-state index contributed by atoms with van der Waals surface area (Å²) in [4.78, 5) is 6.52. The molecule has 1 aliphatic heterocycles. The highest BCUT2D eigenvalue weighted by molar-refractivity contribution is 5.49. The summed E-state index contributed by atoms with van der Waals surface area (Å²) in [7, 11) is 1.74. The minimum absolute atomic E-state index is 0.350. The molecule has 0 amide bonds. The van der Waals surface area contributed by atoms with Crippen molar-refractivity contribution in [1.29, 1.82) is 0 Å². The molecule has 0 spiro atoms. The summed E-state index contributed by atoms with van der Waals surface area (Å²) < 4.78 is 5.21. The molecular formula is C10H15N3O. The van der Waals surface area contributed by atoms with Gasteiger partial charge in [0.2, 0.25) is 0 Å². The van der Waals surface area contributed by atoms with Crippen LogP contribution in [-0.4, -0.2) is 31.3 Å². The van der Waals surface area contributed by atoms with Crippen LogP contribution in [-0.2, 0) is 11.3 Å². The SMILES string of the molecule is COC1CN(c2ncccc2CN)C1. The first-order valence-electron chi connectivity index (χ1n) is 4.77. The van der Waals surface area contributed by atoms with E-state index in [-0.39, 0.29) is 0 Å². The normalized spacial score (nSPS) is 16.9. The second kappa shape index (κ2) is 3.94. The lowest BCUT2D eigenvalue weighted by molar-refractivity contribution is 0.0782. The highest BCUT2D eigenvalue weighted by atomic mass is 16.5. The van der Waals surface area contributed by atoms with E-state index in [9.17, 15) is 0 Å². The fourth-order valence-electron chi connectivity index (χ4n) is 1.63. The van der Waals surface area contributed by atoms with Crippen molar-refractivity contribution in [3.05, 3.63) is 23.9 Å². The zero-order valence-corrected chi connectivity index (χ0v) is 8.31. The van der Waals surface area contributed by atoms with Crippen LogP contribution >= 0.6 is 0 Å². The number of nitrogens with two attached hydrogens (primary N) is 1. The number of nitrogens with zero attached hydrogens (tertiary/aromatic N) is 2. The van der Waals surface area contributed by atoms with Gasteiger partial charge in [0.25, 0.3) is 0 Å². The number of hydrogen-bond acceptors (Lipinski definition) is 4. The van der Waals surface area contributed by atoms with Crippen LogP contribution in [0.5, 0.6) is 0 Å². The second-order valence-corrected chi connectivity index (χ2v) is 3.45. The third-order valence-electron chi connectivity index (χ3n) is 2.57. The number of rotatable bonds is 3. The number of aromatic nitrogens is 1. The number of pyridine rings is 1. The largest absolute Gasteiger partial charge is 0.378 e. The summed E-state index contributed by atoms with van der Waals surface area (Å²) in [5.41, 5.74) is 6.74. The molecule has 4 heteroatoms. The predicted molar refractivity (Wildman–Crippen MR) is 55.1 cm³/mol. The molecule has 14 heavy (non-hydrogen) atoms. The van der Waals surface area contributed by atoms with Crippen molar-refractivity contribution >= 4 is 5.82 Å². The molecule has 2 rings (SSSR count). The number of ether oxygens (including phenoxy) is 1. The molecule has 76 valence electrons. The van der Waals surface area contributed by atoms with Gasteiger partial charge in [-0.15, -0.1) is 0 Å². The van der Waals surface area contributed by atoms with Crippen molar-refractivity contribution in [2.75, 3.05) is 25.1 Å². The van der Waals surface area contributed by atoms with Crippen LogP contribution in [0.4, 0.5) is 5.82 Å². The zero-order valence-electron chi connectivity index (χ0n) is 8.31. The molecule has 0 bridgehead atoms. The van der Waals surface area contributed by atoms with Gasteiger partial charge < -0.3 is 15.4 Å². The lowest BCUT2D eigenvalue weighted by Gasteiger charge is -2.39. The number of methoxy groups -OCH3 is 1. The molecule has 0 unspecified atom stereocenters. The highest BCUT2D eigenvalue weighted by Gasteiger charge is 2.28. The maximum Gasteiger partial charge on any atom is 0.133 e. The van der Waals surface area contributed by atoms with Gasteiger partial charge in [-0.1, -0.05) is 6.07 Å². The molecule has 2 N–H and O–H groups in total. The van der Waals surface area contributed by atoms with E-state index in [1.807, 2.05) is 12.1 Å². The summed E-state index contributed by atoms with van der Waals surface area (Å²) in [6, 6.07) is 3.93. The quantitative estimate of drug-likeness (QED) is 0.753. The van der Waals surface area contributed by atoms with Crippen molar-refractivity contribution in [2.24, 2.45) is 5.73 Å². The summed E-state index contributed by atoms with van der Waals surface area (Å²) in [6.45, 7) is 2.37. The third-order valence-corrected chi connectivity index (χ3v) is 2.57. The fraction of sp³-hybridized carbons (Fsp3) is 0.500. The summed E-state index contributed by atoms with van der Waals surface area (Å²) >= 11 is 0. The lowest BCUT2D eigenvalue weighted by Crippen LogP contribution is -2.52. The maximum atomic E-state index is 5.64. The van der Waals surface area contributed by atoms with E-state index in [0.29, 0.717) is 12.6 Å². The van der Waals surface area contributed by atoms with E-state index in [2.05, 4.69) is 9.88 Å². The van der Waals surface area contributed by atoms with Gasteiger partial charge in [0.15, 0.2) is 0 Å². The predicted octanol–water partition coefficient (Wildman–Crippen LogP) is 0.375. The average molecular weight is 193 g/mol. The molecule has 1 aliphatic rings. The Morgan fingerprint density at radius 1 is 1.64 bits per heavy atom. The molecule has 0 atom stereocenters. The van der Waals surface area contributed by atoms with Gasteiger partial charge in [-0.3, -0.25) is 0 Å². The molecule has 0 aliphatic carbocycles. The molecule has 0 saturated carbocycles. The Morgan fingerprint density at radius 2 is 2.43 bits per heavy atom. The molecule has 0 radical (unpaired) electrons. The van der Waals surface area contributed by atoms with Crippen LogP contribution in [0, 0.1) is 0 Å². The summed E-state index contributed by atoms with van der Waals surface area (Å²) in [5.74, 6) is 1.00. The van der Waals surface area contributed by atoms with Crippen molar-refractivity contribution < 1.29 is 4.74 Å². The second-order valence-electron chi connectivity index (χ2n) is 3.45. The smallest absolute Gasteiger partial charge is 0.133 e. The number of anilines is 1. The number of hydrogen-bond donors (Lipinski definition) is 1. The first-order valence-corrected chi connectivity index (χ1v) is 4.77. The molecule has 1 saturated heterocycles. The monoisotopic (exact) mass is 193 g/mol. The standard InChI is InChI=1S/C10H15N3O/c1-14-9-6-13(7-9)10-8(5-11)3-2-4-12-10/h2-4,9H,5-7,11H2,1H3. The van der Waals surface area contributed by atoms with Crippen molar-refractivity contribution in [1.82, 2.24) is 4.98 Å². The third kappa shape index (κ3) is 1.58. The minimum Gasteiger partial charge on any atom is -0.378 e. The van der Waals surface area contributed by atoms with Gasteiger partial charge in [0, 0.05) is 38.5 Å². The highest BCUT2D eigenvalue weighted by Crippen LogP contribution is 2.23. The van der Waals surface area contributed by atoms with Crippen LogP contribution < -0.4 is 10.6 Å². The van der Waals surface area contributed by atoms with E-state index < -0.39 is 0 Å². The molecule has 1 aromatic heterocycles. The van der Waals surface area contributed by atoms with Gasteiger partial charge in [-0.05, 0) is 6.07 Å². The summed E-state index contributed by atoms with van der Waals surface area (Å²) in [6.07, 6.45) is 2.15. The Kier molecular flexibility index (Phi) is 2.65. The zero-order chi connectivity index (χ0) is 9.97. The van der Waals surface area contributed by atoms with Gasteiger partial charge >= 0.3 is 0 Å². The van der Waals surface area contributed by atoms with Gasteiger partial charge in [0.1, 0.15) is 5.82 Å². The topological polar surface area (TPSA) is 51.4 Å². The van der Waals surface area contributed by atoms with E-state index in [4.69, 9.17) is 10.5 Å². The van der Waals surface area contributed by atoms with E-state index in [1.54, 1.807) is 13.3 Å². The Labute approximate surface area is 83.7 Å². The molecular weight excluding hydrogens is 178 g/mol. The molecule has 4 nitrogen and oxygen atoms in total. The van der Waals surface area contributed by atoms with Gasteiger partial charge in [-0.2, -0.15) is 0 Å². The van der Waals surface area contributed by atoms with Crippen LogP contribution in [0.25, 0.3) is 0 Å². The fourth-order valence-corrected chi connectivity index (χ4v) is 1.63. The van der Waals surface area contributed by atoms with Crippen molar-refractivity contribution in [3.63, 3.8) is 0 Å². The van der Waals surface area contributed by atoms with Gasteiger partial charge in [-0.25, -0.2) is 4.98 Å². The molecule has 1 fully saturated rings. The van der Waals surface area contributed by atoms with Crippen LogP contribution in [0.1, 0.15) is 5.56 Å². The Morgan fingerprint density at radius 3 is 3.07 bits per heavy atom. The van der Waals surface area contributed by atoms with Crippen molar-refractivity contribution in [3.8, 4) is 0 Å². The Hall–Kier alpha value is -1.13. The first-order chi connectivity index (χ1) is 6.85. The van der Waals surface area contributed by atoms with Gasteiger partial charge in [0.05, 0.1) is 6.10 Å².